The molecule has 246 valence electrons. The highest BCUT2D eigenvalue weighted by molar-refractivity contribution is 6.36. The van der Waals surface area contributed by atoms with Crippen LogP contribution in [0.4, 0.5) is 0 Å². The summed E-state index contributed by atoms with van der Waals surface area (Å²) in [6.45, 7) is 9.54. The molecule has 0 heterocycles. The number of benzene rings is 9. The van der Waals surface area contributed by atoms with Crippen molar-refractivity contribution in [1.82, 2.24) is 0 Å². The Kier molecular flexibility index (Phi) is 5.89. The third-order valence-electron chi connectivity index (χ3n) is 12.6. The summed E-state index contributed by atoms with van der Waals surface area (Å²) in [4.78, 5) is 0. The standard InChI is InChI=1S/C52H38/c1-51(2)43-23-13-11-17-35(43)37-27-25-31(29-45(37)51)47-41-21-9-10-22-42(41)48(32-26-28-38-36-18-12-14-24-44(36)52(3,4)46(38)30-32)50-40-20-8-6-16-34(40)33-15-5-7-19-39(33)49(47)50/h5-30H,1-4H3. The fourth-order valence-electron chi connectivity index (χ4n) is 10.2. The van der Waals surface area contributed by atoms with Crippen LogP contribution in [-0.4, -0.2) is 0 Å². The average molecular weight is 663 g/mol. The topological polar surface area (TPSA) is 0 Å². The maximum atomic E-state index is 2.51. The van der Waals surface area contributed by atoms with E-state index in [2.05, 4.69) is 185 Å². The van der Waals surface area contributed by atoms with Crippen LogP contribution in [0.3, 0.4) is 0 Å². The fourth-order valence-corrected chi connectivity index (χ4v) is 10.2. The zero-order chi connectivity index (χ0) is 34.9. The van der Waals surface area contributed by atoms with E-state index in [-0.39, 0.29) is 10.8 Å². The van der Waals surface area contributed by atoms with Crippen molar-refractivity contribution >= 4 is 43.1 Å². The molecule has 0 amide bonds. The van der Waals surface area contributed by atoms with Gasteiger partial charge in [0.2, 0.25) is 0 Å². The Morgan fingerprint density at radius 2 is 0.615 bits per heavy atom. The molecule has 0 N–H and O–H groups in total. The largest absolute Gasteiger partial charge is 0.0619 e. The second-order valence-corrected chi connectivity index (χ2v) is 16.0. The molecule has 2 aliphatic carbocycles. The Bertz CT molecular complexity index is 2800. The lowest BCUT2D eigenvalue weighted by molar-refractivity contribution is 0.660. The van der Waals surface area contributed by atoms with Gasteiger partial charge in [0, 0.05) is 10.8 Å². The maximum absolute atomic E-state index is 2.51. The van der Waals surface area contributed by atoms with E-state index in [0.29, 0.717) is 0 Å². The lowest BCUT2D eigenvalue weighted by Crippen LogP contribution is -2.15. The Hall–Kier alpha value is -5.98. The molecule has 0 atom stereocenters. The molecule has 0 saturated carbocycles. The molecular formula is C52H38. The molecule has 0 bridgehead atoms. The van der Waals surface area contributed by atoms with E-state index in [9.17, 15) is 0 Å². The lowest BCUT2D eigenvalue weighted by atomic mass is 9.78. The van der Waals surface area contributed by atoms with Crippen LogP contribution < -0.4 is 0 Å². The van der Waals surface area contributed by atoms with E-state index in [1.165, 1.54) is 110 Å². The summed E-state index contributed by atoms with van der Waals surface area (Å²) < 4.78 is 0. The van der Waals surface area contributed by atoms with Gasteiger partial charge in [0.05, 0.1) is 0 Å². The zero-order valence-electron chi connectivity index (χ0n) is 30.0. The van der Waals surface area contributed by atoms with Crippen LogP contribution in [0.25, 0.3) is 87.6 Å². The number of hydrogen-bond donors (Lipinski definition) is 0. The minimum atomic E-state index is -0.0863. The first-order valence-electron chi connectivity index (χ1n) is 18.6. The first kappa shape index (κ1) is 29.7. The Morgan fingerprint density at radius 1 is 0.288 bits per heavy atom. The Morgan fingerprint density at radius 3 is 1.04 bits per heavy atom. The fraction of sp³-hybridized carbons (Fsp3) is 0.115. The van der Waals surface area contributed by atoms with E-state index in [1.807, 2.05) is 0 Å². The van der Waals surface area contributed by atoms with Gasteiger partial charge in [0.1, 0.15) is 0 Å². The summed E-state index contributed by atoms with van der Waals surface area (Å²) >= 11 is 0. The quantitative estimate of drug-likeness (QED) is 0.128. The number of rotatable bonds is 2. The predicted molar refractivity (Wildman–Crippen MR) is 222 cm³/mol. The third kappa shape index (κ3) is 3.77. The van der Waals surface area contributed by atoms with Crippen molar-refractivity contribution in [3.05, 3.63) is 180 Å². The van der Waals surface area contributed by atoms with Crippen LogP contribution in [0.15, 0.2) is 158 Å². The molecule has 9 aromatic carbocycles. The third-order valence-corrected chi connectivity index (χ3v) is 12.6. The van der Waals surface area contributed by atoms with Gasteiger partial charge in [-0.2, -0.15) is 0 Å². The van der Waals surface area contributed by atoms with E-state index >= 15 is 0 Å². The van der Waals surface area contributed by atoms with Crippen molar-refractivity contribution in [3.8, 4) is 44.5 Å². The van der Waals surface area contributed by atoms with Crippen LogP contribution in [0.5, 0.6) is 0 Å². The van der Waals surface area contributed by atoms with E-state index in [4.69, 9.17) is 0 Å². The molecule has 52 heavy (non-hydrogen) atoms. The van der Waals surface area contributed by atoms with E-state index in [1.54, 1.807) is 0 Å². The molecule has 2 aliphatic rings. The summed E-state index contributed by atoms with van der Waals surface area (Å²) in [5, 5.41) is 10.5. The van der Waals surface area contributed by atoms with Gasteiger partial charge >= 0.3 is 0 Å². The molecular weight excluding hydrogens is 625 g/mol. The van der Waals surface area contributed by atoms with Crippen LogP contribution in [0.1, 0.15) is 49.9 Å². The van der Waals surface area contributed by atoms with Gasteiger partial charge in [-0.25, -0.2) is 0 Å². The second kappa shape index (κ2) is 10.3. The van der Waals surface area contributed by atoms with Crippen molar-refractivity contribution in [1.29, 1.82) is 0 Å². The highest BCUT2D eigenvalue weighted by Crippen LogP contribution is 2.55. The SMILES string of the molecule is CC1(C)c2ccccc2-c2ccc(-c3c4ccccc4c(-c4ccc5c(c4)C(C)(C)c4ccccc4-5)c4c5ccccc5c5ccccc5c34)cc21. The van der Waals surface area contributed by atoms with Crippen molar-refractivity contribution in [3.63, 3.8) is 0 Å². The van der Waals surface area contributed by atoms with Gasteiger partial charge in [0.25, 0.3) is 0 Å². The summed E-state index contributed by atoms with van der Waals surface area (Å²) in [6, 6.07) is 59.8. The molecule has 0 unspecified atom stereocenters. The monoisotopic (exact) mass is 662 g/mol. The number of fused-ring (bicyclic) bond motifs is 13. The van der Waals surface area contributed by atoms with Crippen molar-refractivity contribution < 1.29 is 0 Å². The highest BCUT2D eigenvalue weighted by atomic mass is 14.4. The molecule has 0 fully saturated rings. The Labute approximate surface area is 305 Å². The smallest absolute Gasteiger partial charge is 0.0159 e. The molecule has 0 aliphatic heterocycles. The average Bonchev–Trinajstić information content (AvgIpc) is 3.56. The highest BCUT2D eigenvalue weighted by Gasteiger charge is 2.37. The van der Waals surface area contributed by atoms with Crippen LogP contribution in [0.2, 0.25) is 0 Å². The molecule has 0 aromatic heterocycles. The molecule has 0 heteroatoms. The summed E-state index contributed by atoms with van der Waals surface area (Å²) in [7, 11) is 0. The first-order valence-corrected chi connectivity index (χ1v) is 18.6. The first-order chi connectivity index (χ1) is 25.3. The molecule has 0 spiro atoms. The summed E-state index contributed by atoms with van der Waals surface area (Å²) in [6.07, 6.45) is 0. The van der Waals surface area contributed by atoms with E-state index < -0.39 is 0 Å². The van der Waals surface area contributed by atoms with Gasteiger partial charge in [-0.1, -0.05) is 173 Å². The van der Waals surface area contributed by atoms with Crippen LogP contribution >= 0.6 is 0 Å². The van der Waals surface area contributed by atoms with Gasteiger partial charge in [-0.05, 0) is 122 Å². The summed E-state index contributed by atoms with van der Waals surface area (Å²) in [5.74, 6) is 0. The van der Waals surface area contributed by atoms with Crippen LogP contribution in [0, 0.1) is 0 Å². The molecule has 11 rings (SSSR count). The number of hydrogen-bond acceptors (Lipinski definition) is 0. The maximum Gasteiger partial charge on any atom is 0.0159 e. The van der Waals surface area contributed by atoms with Crippen molar-refractivity contribution in [2.45, 2.75) is 38.5 Å². The van der Waals surface area contributed by atoms with Gasteiger partial charge in [0.15, 0.2) is 0 Å². The minimum Gasteiger partial charge on any atom is -0.0619 e. The van der Waals surface area contributed by atoms with Gasteiger partial charge in [-0.15, -0.1) is 0 Å². The van der Waals surface area contributed by atoms with Crippen molar-refractivity contribution in [2.75, 3.05) is 0 Å². The molecule has 0 nitrogen and oxygen atoms in total. The van der Waals surface area contributed by atoms with Gasteiger partial charge < -0.3 is 0 Å². The molecule has 0 radical (unpaired) electrons. The van der Waals surface area contributed by atoms with E-state index in [0.717, 1.165) is 0 Å². The minimum absolute atomic E-state index is 0.0863. The van der Waals surface area contributed by atoms with Crippen molar-refractivity contribution in [2.24, 2.45) is 0 Å². The lowest BCUT2D eigenvalue weighted by Gasteiger charge is -2.25. The molecule has 0 saturated heterocycles. The van der Waals surface area contributed by atoms with Crippen LogP contribution in [-0.2, 0) is 10.8 Å². The summed E-state index contributed by atoms with van der Waals surface area (Å²) in [5.41, 5.74) is 16.1. The molecule has 9 aromatic rings. The zero-order valence-corrected chi connectivity index (χ0v) is 30.0. The normalized spacial score (nSPS) is 14.8. The van der Waals surface area contributed by atoms with Gasteiger partial charge in [-0.3, -0.25) is 0 Å². The second-order valence-electron chi connectivity index (χ2n) is 16.0. The predicted octanol–water partition coefficient (Wildman–Crippen LogP) is 14.2. The Balaban J connectivity index is 1.31.